The maximum Gasteiger partial charge on any atom is 0.187 e. The Hall–Kier alpha value is -3.06. The Balaban J connectivity index is 1.84. The van der Waals surface area contributed by atoms with Gasteiger partial charge >= 0.3 is 0 Å². The lowest BCUT2D eigenvalue weighted by Crippen LogP contribution is -2.13. The molecule has 1 saturated carbocycles. The van der Waals surface area contributed by atoms with Crippen molar-refractivity contribution in [1.29, 1.82) is 0 Å². The van der Waals surface area contributed by atoms with E-state index in [9.17, 15) is 8.78 Å². The molecule has 0 spiro atoms. The largest absolute Gasteiger partial charge is 0.486 e. The van der Waals surface area contributed by atoms with Gasteiger partial charge in [0.15, 0.2) is 11.6 Å². The van der Waals surface area contributed by atoms with E-state index in [-0.39, 0.29) is 30.5 Å². The van der Waals surface area contributed by atoms with Crippen LogP contribution in [-0.4, -0.2) is 23.1 Å². The van der Waals surface area contributed by atoms with Gasteiger partial charge in [-0.2, -0.15) is 0 Å². The first-order valence-corrected chi connectivity index (χ1v) is 9.53. The molecule has 0 aliphatic heterocycles. The summed E-state index contributed by atoms with van der Waals surface area (Å²) in [6, 6.07) is 7.86. The van der Waals surface area contributed by atoms with Crippen LogP contribution in [-0.2, 0) is 0 Å². The predicted molar refractivity (Wildman–Crippen MR) is 108 cm³/mol. The van der Waals surface area contributed by atoms with Gasteiger partial charge in [0, 0.05) is 17.7 Å². The molecule has 0 saturated heterocycles. The Morgan fingerprint density at radius 3 is 2.52 bits per heavy atom. The number of hydrogen-bond acceptors (Lipinski definition) is 5. The highest BCUT2D eigenvalue weighted by molar-refractivity contribution is 5.81. The lowest BCUT2D eigenvalue weighted by Gasteiger charge is -2.16. The second-order valence-corrected chi connectivity index (χ2v) is 7.21. The van der Waals surface area contributed by atoms with Crippen molar-refractivity contribution in [2.75, 3.05) is 18.9 Å². The summed E-state index contributed by atoms with van der Waals surface area (Å²) in [5, 5.41) is 0. The number of nitrogens with two attached hydrogens (primary N) is 2. The molecule has 5 nitrogen and oxygen atoms in total. The van der Waals surface area contributed by atoms with Crippen LogP contribution in [0.3, 0.4) is 0 Å². The van der Waals surface area contributed by atoms with Gasteiger partial charge in [-0.15, -0.1) is 0 Å². The number of nitrogens with zero attached hydrogens (tertiary/aromatic N) is 2. The van der Waals surface area contributed by atoms with Crippen LogP contribution in [0.2, 0.25) is 0 Å². The second-order valence-electron chi connectivity index (χ2n) is 7.21. The minimum Gasteiger partial charge on any atom is -0.486 e. The SMILES string of the molecule is Cc1c(-c2ccc(C3CC3)cc2F)cc(F)cc1-c1ncnc(N)c1OCCN. The van der Waals surface area contributed by atoms with Crippen molar-refractivity contribution in [2.45, 2.75) is 25.7 Å². The zero-order valence-corrected chi connectivity index (χ0v) is 16.1. The molecule has 0 atom stereocenters. The molecule has 1 fully saturated rings. The molecule has 29 heavy (non-hydrogen) atoms. The van der Waals surface area contributed by atoms with E-state index >= 15 is 0 Å². The fourth-order valence-corrected chi connectivity index (χ4v) is 3.51. The lowest BCUT2D eigenvalue weighted by atomic mass is 9.93. The van der Waals surface area contributed by atoms with E-state index in [1.54, 1.807) is 19.1 Å². The van der Waals surface area contributed by atoms with Crippen LogP contribution >= 0.6 is 0 Å². The second kappa shape index (κ2) is 7.75. The Morgan fingerprint density at radius 1 is 1.07 bits per heavy atom. The summed E-state index contributed by atoms with van der Waals surface area (Å²) in [5.74, 6) is -0.0613. The van der Waals surface area contributed by atoms with E-state index < -0.39 is 5.82 Å². The van der Waals surface area contributed by atoms with Crippen LogP contribution in [0.1, 0.15) is 29.9 Å². The van der Waals surface area contributed by atoms with Crippen LogP contribution in [0.4, 0.5) is 14.6 Å². The average molecular weight is 396 g/mol. The maximum absolute atomic E-state index is 14.9. The van der Waals surface area contributed by atoms with E-state index in [0.717, 1.165) is 18.4 Å². The summed E-state index contributed by atoms with van der Waals surface area (Å²) in [7, 11) is 0. The maximum atomic E-state index is 14.9. The number of aromatic nitrogens is 2. The average Bonchev–Trinajstić information content (AvgIpc) is 3.54. The summed E-state index contributed by atoms with van der Waals surface area (Å²) in [6.45, 7) is 2.28. The van der Waals surface area contributed by atoms with Crippen molar-refractivity contribution in [3.05, 3.63) is 59.4 Å². The molecular weight excluding hydrogens is 374 g/mol. The van der Waals surface area contributed by atoms with Gasteiger partial charge in [-0.25, -0.2) is 18.7 Å². The van der Waals surface area contributed by atoms with Crippen molar-refractivity contribution >= 4 is 5.82 Å². The fourth-order valence-electron chi connectivity index (χ4n) is 3.51. The Kier molecular flexibility index (Phi) is 5.15. The van der Waals surface area contributed by atoms with Crippen molar-refractivity contribution in [3.8, 4) is 28.1 Å². The molecule has 1 aliphatic rings. The monoisotopic (exact) mass is 396 g/mol. The topological polar surface area (TPSA) is 87.0 Å². The number of nitrogen functional groups attached to an aromatic ring is 1. The van der Waals surface area contributed by atoms with Crippen molar-refractivity contribution in [3.63, 3.8) is 0 Å². The van der Waals surface area contributed by atoms with Crippen LogP contribution in [0.5, 0.6) is 5.75 Å². The van der Waals surface area contributed by atoms with Crippen LogP contribution < -0.4 is 16.2 Å². The number of hydrogen-bond donors (Lipinski definition) is 2. The zero-order chi connectivity index (χ0) is 20.5. The molecule has 1 heterocycles. The predicted octanol–water partition coefficient (Wildman–Crippen LogP) is 4.19. The molecule has 0 radical (unpaired) electrons. The molecule has 3 aromatic rings. The molecule has 0 bridgehead atoms. The quantitative estimate of drug-likeness (QED) is 0.652. The summed E-state index contributed by atoms with van der Waals surface area (Å²) in [6.07, 6.45) is 3.46. The van der Waals surface area contributed by atoms with Crippen LogP contribution in [0, 0.1) is 18.6 Å². The van der Waals surface area contributed by atoms with Gasteiger partial charge in [-0.3, -0.25) is 0 Å². The van der Waals surface area contributed by atoms with E-state index in [2.05, 4.69) is 9.97 Å². The number of benzene rings is 2. The van der Waals surface area contributed by atoms with Crippen LogP contribution in [0.25, 0.3) is 22.4 Å². The summed E-state index contributed by atoms with van der Waals surface area (Å²) < 4.78 is 35.0. The van der Waals surface area contributed by atoms with Gasteiger partial charge in [-0.05, 0) is 60.6 Å². The van der Waals surface area contributed by atoms with Crippen molar-refractivity contribution < 1.29 is 13.5 Å². The molecule has 7 heteroatoms. The Labute approximate surface area is 167 Å². The molecule has 2 aromatic carbocycles. The highest BCUT2D eigenvalue weighted by Gasteiger charge is 2.25. The summed E-state index contributed by atoms with van der Waals surface area (Å²) in [5.41, 5.74) is 14.7. The van der Waals surface area contributed by atoms with Crippen molar-refractivity contribution in [2.24, 2.45) is 5.73 Å². The van der Waals surface area contributed by atoms with E-state index in [4.69, 9.17) is 16.2 Å². The first kappa shape index (κ1) is 19.3. The summed E-state index contributed by atoms with van der Waals surface area (Å²) in [4.78, 5) is 8.19. The third kappa shape index (κ3) is 3.78. The smallest absolute Gasteiger partial charge is 0.187 e. The first-order chi connectivity index (χ1) is 14.0. The van der Waals surface area contributed by atoms with Gasteiger partial charge in [-0.1, -0.05) is 12.1 Å². The highest BCUT2D eigenvalue weighted by Crippen LogP contribution is 2.42. The van der Waals surface area contributed by atoms with E-state index in [1.807, 2.05) is 6.07 Å². The Morgan fingerprint density at radius 2 is 1.83 bits per heavy atom. The van der Waals surface area contributed by atoms with E-state index in [0.29, 0.717) is 33.9 Å². The van der Waals surface area contributed by atoms with Gasteiger partial charge < -0.3 is 16.2 Å². The molecule has 4 N–H and O–H groups in total. The molecule has 0 amide bonds. The van der Waals surface area contributed by atoms with Gasteiger partial charge in [0.25, 0.3) is 0 Å². The third-order valence-corrected chi connectivity index (χ3v) is 5.16. The molecule has 1 aliphatic carbocycles. The number of halogens is 2. The third-order valence-electron chi connectivity index (χ3n) is 5.16. The first-order valence-electron chi connectivity index (χ1n) is 9.53. The van der Waals surface area contributed by atoms with Gasteiger partial charge in [0.05, 0.1) is 0 Å². The van der Waals surface area contributed by atoms with E-state index in [1.165, 1.54) is 18.5 Å². The molecule has 4 rings (SSSR count). The summed E-state index contributed by atoms with van der Waals surface area (Å²) >= 11 is 0. The Bertz CT molecular complexity index is 1070. The minimum atomic E-state index is -0.506. The van der Waals surface area contributed by atoms with Gasteiger partial charge in [0.1, 0.15) is 30.3 Å². The fraction of sp³-hybridized carbons (Fsp3) is 0.273. The number of rotatable bonds is 6. The van der Waals surface area contributed by atoms with Crippen LogP contribution in [0.15, 0.2) is 36.7 Å². The standard InChI is InChI=1S/C22H22F2N4O/c1-12-17(16-5-4-14(8-19(16)24)13-2-3-13)9-15(23)10-18(12)20-21(29-7-6-25)22(26)28-11-27-20/h4-5,8-11,13H,2-3,6-7,25H2,1H3,(H2,26,27,28). The molecule has 1 aromatic heterocycles. The number of anilines is 1. The highest BCUT2D eigenvalue weighted by atomic mass is 19.1. The molecular formula is C22H22F2N4O. The molecule has 0 unspecified atom stereocenters. The zero-order valence-electron chi connectivity index (χ0n) is 16.1. The lowest BCUT2D eigenvalue weighted by molar-refractivity contribution is 0.329. The normalized spacial score (nSPS) is 13.5. The van der Waals surface area contributed by atoms with Crippen molar-refractivity contribution in [1.82, 2.24) is 9.97 Å². The molecule has 150 valence electrons. The number of ether oxygens (including phenoxy) is 1. The minimum absolute atomic E-state index is 0.133. The van der Waals surface area contributed by atoms with Gasteiger partial charge in [0.2, 0.25) is 0 Å².